The summed E-state index contributed by atoms with van der Waals surface area (Å²) in [7, 11) is 0. The number of fused-ring (bicyclic) bond motifs is 2. The van der Waals surface area contributed by atoms with E-state index in [0.29, 0.717) is 36.5 Å². The molecule has 6 rings (SSSR count). The number of hydrogen-bond acceptors (Lipinski definition) is 7. The van der Waals surface area contributed by atoms with Gasteiger partial charge in [0.2, 0.25) is 0 Å². The molecule has 5 N–H and O–H groups in total. The number of ether oxygens (including phenoxy) is 2. The first-order valence-electron chi connectivity index (χ1n) is 17.2. The van der Waals surface area contributed by atoms with Crippen LogP contribution in [0, 0.1) is 57.2 Å². The molecule has 5 saturated carbocycles. The average Bonchev–Trinajstić information content (AvgIpc) is 3.30. The van der Waals surface area contributed by atoms with Crippen molar-refractivity contribution >= 4 is 0 Å². The lowest BCUT2D eigenvalue weighted by atomic mass is 9.46. The van der Waals surface area contributed by atoms with Crippen LogP contribution in [0.4, 0.5) is 0 Å². The summed E-state index contributed by atoms with van der Waals surface area (Å²) in [5.74, 6) is 0.454. The second kappa shape index (κ2) is 10.1. The van der Waals surface area contributed by atoms with Crippen LogP contribution in [-0.4, -0.2) is 68.1 Å². The average molecular weight is 593 g/mol. The molecule has 6 aliphatic rings. The van der Waals surface area contributed by atoms with E-state index in [4.69, 9.17) is 9.47 Å². The molecular weight excluding hydrogens is 532 g/mol. The van der Waals surface area contributed by atoms with E-state index in [1.807, 2.05) is 13.8 Å². The Kier molecular flexibility index (Phi) is 7.63. The van der Waals surface area contributed by atoms with E-state index in [0.717, 1.165) is 51.4 Å². The SMILES string of the molecule is C[C@H](CCCC(C)(C)O)C1C(O)(O)CC2[C@@H]3CCC4C(C)(C)C(OC5C[C@@H](O)[C@H](O)CO5)CCC45[C@@H](C)[C@@]35CC[C@@]21C. The highest BCUT2D eigenvalue weighted by atomic mass is 16.7. The third-order valence-electron chi connectivity index (χ3n) is 14.7. The number of aliphatic hydroxyl groups is 5. The summed E-state index contributed by atoms with van der Waals surface area (Å²) in [6.45, 7) is 15.7. The molecule has 0 radical (unpaired) electrons. The summed E-state index contributed by atoms with van der Waals surface area (Å²) in [5.41, 5.74) is -0.234. The number of hydrogen-bond donors (Lipinski definition) is 5. The Morgan fingerprint density at radius 1 is 0.952 bits per heavy atom. The minimum atomic E-state index is -1.63. The zero-order valence-corrected chi connectivity index (χ0v) is 27.3. The Balaban J connectivity index is 1.21. The summed E-state index contributed by atoms with van der Waals surface area (Å²) < 4.78 is 12.4. The maximum absolute atomic E-state index is 11.6. The maximum Gasteiger partial charge on any atom is 0.166 e. The molecule has 1 aliphatic heterocycles. The number of aliphatic hydroxyl groups excluding tert-OH is 2. The molecule has 1 saturated heterocycles. The summed E-state index contributed by atoms with van der Waals surface area (Å²) in [6, 6.07) is 0. The second-order valence-electron chi connectivity index (χ2n) is 17.5. The Morgan fingerprint density at radius 3 is 2.33 bits per heavy atom. The zero-order valence-electron chi connectivity index (χ0n) is 27.3. The van der Waals surface area contributed by atoms with E-state index in [9.17, 15) is 25.5 Å². The predicted molar refractivity (Wildman–Crippen MR) is 160 cm³/mol. The van der Waals surface area contributed by atoms with Crippen molar-refractivity contribution in [1.82, 2.24) is 0 Å². The van der Waals surface area contributed by atoms with Crippen molar-refractivity contribution < 1.29 is 35.0 Å². The normalized spacial score (nSPS) is 51.6. The third kappa shape index (κ3) is 4.45. The smallest absolute Gasteiger partial charge is 0.166 e. The van der Waals surface area contributed by atoms with Gasteiger partial charge in [-0.15, -0.1) is 0 Å². The van der Waals surface area contributed by atoms with Crippen LogP contribution < -0.4 is 0 Å². The molecule has 13 atom stereocenters. The lowest BCUT2D eigenvalue weighted by molar-refractivity contribution is -0.264. The first-order chi connectivity index (χ1) is 19.4. The van der Waals surface area contributed by atoms with Crippen LogP contribution in [0.5, 0.6) is 0 Å². The molecule has 1 heterocycles. The molecule has 6 unspecified atom stereocenters. The molecule has 0 aromatic carbocycles. The molecule has 2 spiro atoms. The molecule has 7 heteroatoms. The quantitative estimate of drug-likeness (QED) is 0.208. The first kappa shape index (κ1) is 31.7. The van der Waals surface area contributed by atoms with E-state index >= 15 is 0 Å². The third-order valence-corrected chi connectivity index (χ3v) is 14.7. The minimum Gasteiger partial charge on any atom is -0.390 e. The summed E-state index contributed by atoms with van der Waals surface area (Å²) in [5, 5.41) is 53.6. The highest BCUT2D eigenvalue weighted by Gasteiger charge is 2.85. The van der Waals surface area contributed by atoms with Crippen molar-refractivity contribution in [3.05, 3.63) is 0 Å². The van der Waals surface area contributed by atoms with Crippen molar-refractivity contribution in [3.8, 4) is 0 Å². The van der Waals surface area contributed by atoms with Gasteiger partial charge in [0.25, 0.3) is 0 Å². The maximum atomic E-state index is 11.6. The fraction of sp³-hybridized carbons (Fsp3) is 1.00. The molecule has 42 heavy (non-hydrogen) atoms. The summed E-state index contributed by atoms with van der Waals surface area (Å²) >= 11 is 0. The highest BCUT2D eigenvalue weighted by molar-refractivity contribution is 5.32. The van der Waals surface area contributed by atoms with Gasteiger partial charge in [0.15, 0.2) is 12.1 Å². The lowest BCUT2D eigenvalue weighted by Gasteiger charge is -2.60. The standard InChI is InChI=1S/C35H60O7/c1-20(9-8-13-30(3,4)38)29-32(7)15-16-33-21(2)34(33)14-12-27(42-28-17-24(36)25(37)19-41-28)31(5,6)26(34)11-10-22(33)23(32)18-35(29,39)40/h20-29,36-40H,8-19H2,1-7H3/t20-,21+,22+,23?,24-,25-,26?,27?,28?,29?,32+,33+,34?/m1/s1. The minimum absolute atomic E-state index is 0.0307. The van der Waals surface area contributed by atoms with Crippen LogP contribution in [0.3, 0.4) is 0 Å². The van der Waals surface area contributed by atoms with E-state index in [1.54, 1.807) is 0 Å². The van der Waals surface area contributed by atoms with Crippen LogP contribution in [-0.2, 0) is 9.47 Å². The Morgan fingerprint density at radius 2 is 1.67 bits per heavy atom. The van der Waals surface area contributed by atoms with Crippen LogP contribution in [0.1, 0.15) is 119 Å². The van der Waals surface area contributed by atoms with Gasteiger partial charge in [-0.2, -0.15) is 0 Å². The molecule has 0 aromatic heterocycles. The largest absolute Gasteiger partial charge is 0.390 e. The first-order valence-corrected chi connectivity index (χ1v) is 17.2. The van der Waals surface area contributed by atoms with Gasteiger partial charge in [0.1, 0.15) is 6.10 Å². The van der Waals surface area contributed by atoms with Crippen molar-refractivity contribution in [2.45, 2.75) is 155 Å². The van der Waals surface area contributed by atoms with E-state index in [1.165, 1.54) is 6.42 Å². The van der Waals surface area contributed by atoms with Gasteiger partial charge in [-0.3, -0.25) is 0 Å². The van der Waals surface area contributed by atoms with Crippen LogP contribution in [0.15, 0.2) is 0 Å². The van der Waals surface area contributed by atoms with Crippen molar-refractivity contribution in [1.29, 1.82) is 0 Å². The number of rotatable bonds is 7. The topological polar surface area (TPSA) is 120 Å². The van der Waals surface area contributed by atoms with Gasteiger partial charge in [-0.25, -0.2) is 0 Å². The Bertz CT molecular complexity index is 1020. The van der Waals surface area contributed by atoms with Crippen molar-refractivity contribution in [2.24, 2.45) is 57.2 Å². The van der Waals surface area contributed by atoms with E-state index in [2.05, 4.69) is 34.6 Å². The molecule has 5 aliphatic carbocycles. The Labute approximate surface area is 253 Å². The van der Waals surface area contributed by atoms with Gasteiger partial charge in [-0.05, 0) is 110 Å². The molecule has 7 nitrogen and oxygen atoms in total. The Hall–Kier alpha value is -0.280. The molecule has 0 aromatic rings. The van der Waals surface area contributed by atoms with Gasteiger partial charge in [0.05, 0.1) is 24.4 Å². The van der Waals surface area contributed by atoms with Crippen molar-refractivity contribution in [2.75, 3.05) is 6.61 Å². The monoisotopic (exact) mass is 592 g/mol. The highest BCUT2D eigenvalue weighted by Crippen LogP contribution is 2.90. The van der Waals surface area contributed by atoms with Gasteiger partial charge in [-0.1, -0.05) is 47.5 Å². The van der Waals surface area contributed by atoms with Gasteiger partial charge < -0.3 is 35.0 Å². The zero-order chi connectivity index (χ0) is 30.7. The fourth-order valence-corrected chi connectivity index (χ4v) is 13.1. The van der Waals surface area contributed by atoms with Crippen LogP contribution >= 0.6 is 0 Å². The fourth-order valence-electron chi connectivity index (χ4n) is 13.1. The summed E-state index contributed by atoms with van der Waals surface area (Å²) in [4.78, 5) is 0. The van der Waals surface area contributed by atoms with E-state index in [-0.39, 0.29) is 46.2 Å². The van der Waals surface area contributed by atoms with Crippen LogP contribution in [0.25, 0.3) is 0 Å². The van der Waals surface area contributed by atoms with Gasteiger partial charge in [0, 0.05) is 18.8 Å². The molecular formula is C35H60O7. The van der Waals surface area contributed by atoms with Crippen LogP contribution in [0.2, 0.25) is 0 Å². The van der Waals surface area contributed by atoms with E-state index < -0.39 is 29.9 Å². The lowest BCUT2D eigenvalue weighted by Crippen LogP contribution is -2.56. The molecule has 6 fully saturated rings. The van der Waals surface area contributed by atoms with Gasteiger partial charge >= 0.3 is 0 Å². The molecule has 0 bridgehead atoms. The summed E-state index contributed by atoms with van der Waals surface area (Å²) in [6.07, 6.45) is 7.96. The molecule has 242 valence electrons. The second-order valence-corrected chi connectivity index (χ2v) is 17.5. The van der Waals surface area contributed by atoms with Crippen molar-refractivity contribution in [3.63, 3.8) is 0 Å². The predicted octanol–water partition coefficient (Wildman–Crippen LogP) is 5.00. The molecule has 0 amide bonds.